The fourth-order valence-corrected chi connectivity index (χ4v) is 2.55. The average molecular weight is 263 g/mol. The Morgan fingerprint density at radius 3 is 2.25 bits per heavy atom. The minimum atomic E-state index is 0.0597. The molecule has 2 aromatic carbocycles. The quantitative estimate of drug-likeness (QED) is 0.686. The SMILES string of the molecule is Cc1[nH]c(C(=O)c2ccc3ccccc3c2)c(C)c1C. The van der Waals surface area contributed by atoms with Crippen LogP contribution in [0.1, 0.15) is 32.9 Å². The Morgan fingerprint density at radius 2 is 1.60 bits per heavy atom. The summed E-state index contributed by atoms with van der Waals surface area (Å²) in [6.45, 7) is 6.03. The highest BCUT2D eigenvalue weighted by molar-refractivity contribution is 6.10. The van der Waals surface area contributed by atoms with Gasteiger partial charge in [0.2, 0.25) is 5.78 Å². The van der Waals surface area contributed by atoms with Gasteiger partial charge < -0.3 is 4.98 Å². The first kappa shape index (κ1) is 12.7. The van der Waals surface area contributed by atoms with Crippen molar-refractivity contribution >= 4 is 16.6 Å². The molecule has 0 bridgehead atoms. The van der Waals surface area contributed by atoms with Crippen LogP contribution in [0.2, 0.25) is 0 Å². The Labute approximate surface area is 118 Å². The van der Waals surface area contributed by atoms with Gasteiger partial charge in [-0.25, -0.2) is 0 Å². The summed E-state index contributed by atoms with van der Waals surface area (Å²) in [7, 11) is 0. The van der Waals surface area contributed by atoms with Crippen LogP contribution in [0.15, 0.2) is 42.5 Å². The number of aryl methyl sites for hydroxylation is 1. The van der Waals surface area contributed by atoms with E-state index in [9.17, 15) is 4.79 Å². The number of rotatable bonds is 2. The summed E-state index contributed by atoms with van der Waals surface area (Å²) < 4.78 is 0. The Morgan fingerprint density at radius 1 is 0.900 bits per heavy atom. The van der Waals surface area contributed by atoms with Gasteiger partial charge in [0, 0.05) is 11.3 Å². The Hall–Kier alpha value is -2.35. The lowest BCUT2D eigenvalue weighted by atomic mass is 10.0. The maximum atomic E-state index is 12.6. The Bertz CT molecular complexity index is 811. The van der Waals surface area contributed by atoms with Crippen molar-refractivity contribution in [1.82, 2.24) is 4.98 Å². The number of hydrogen-bond donors (Lipinski definition) is 1. The molecule has 1 aromatic heterocycles. The van der Waals surface area contributed by atoms with Gasteiger partial charge in [0.05, 0.1) is 5.69 Å². The molecule has 2 nitrogen and oxygen atoms in total. The first-order chi connectivity index (χ1) is 9.58. The Kier molecular flexibility index (Phi) is 2.94. The highest BCUT2D eigenvalue weighted by Crippen LogP contribution is 2.22. The Balaban J connectivity index is 2.10. The fourth-order valence-electron chi connectivity index (χ4n) is 2.55. The van der Waals surface area contributed by atoms with Crippen molar-refractivity contribution in [2.45, 2.75) is 20.8 Å². The smallest absolute Gasteiger partial charge is 0.209 e. The van der Waals surface area contributed by atoms with Crippen LogP contribution in [0.5, 0.6) is 0 Å². The minimum Gasteiger partial charge on any atom is -0.356 e. The number of benzene rings is 2. The van der Waals surface area contributed by atoms with E-state index < -0.39 is 0 Å². The van der Waals surface area contributed by atoms with Gasteiger partial charge in [-0.05, 0) is 48.7 Å². The summed E-state index contributed by atoms with van der Waals surface area (Å²) in [6.07, 6.45) is 0. The monoisotopic (exact) mass is 263 g/mol. The van der Waals surface area contributed by atoms with Crippen molar-refractivity contribution in [2.24, 2.45) is 0 Å². The second-order valence-corrected chi connectivity index (χ2v) is 5.27. The first-order valence-electron chi connectivity index (χ1n) is 6.77. The van der Waals surface area contributed by atoms with Crippen molar-refractivity contribution in [3.63, 3.8) is 0 Å². The number of aromatic nitrogens is 1. The molecule has 0 unspecified atom stereocenters. The summed E-state index contributed by atoms with van der Waals surface area (Å²) >= 11 is 0. The predicted molar refractivity (Wildman–Crippen MR) is 82.4 cm³/mol. The van der Waals surface area contributed by atoms with E-state index in [1.165, 1.54) is 0 Å². The number of carbonyl (C=O) groups excluding carboxylic acids is 1. The summed E-state index contributed by atoms with van der Waals surface area (Å²) in [5.41, 5.74) is 4.70. The van der Waals surface area contributed by atoms with Gasteiger partial charge in [-0.3, -0.25) is 4.79 Å². The van der Waals surface area contributed by atoms with Crippen LogP contribution in [0.4, 0.5) is 0 Å². The van der Waals surface area contributed by atoms with E-state index in [0.29, 0.717) is 5.69 Å². The van der Waals surface area contributed by atoms with Crippen LogP contribution in [0, 0.1) is 20.8 Å². The molecule has 0 aliphatic rings. The lowest BCUT2D eigenvalue weighted by molar-refractivity contribution is 0.103. The molecule has 0 atom stereocenters. The zero-order valence-electron chi connectivity index (χ0n) is 11.9. The molecule has 0 amide bonds. The van der Waals surface area contributed by atoms with Gasteiger partial charge in [-0.2, -0.15) is 0 Å². The molecule has 0 saturated heterocycles. The van der Waals surface area contributed by atoms with Gasteiger partial charge in [0.15, 0.2) is 0 Å². The van der Waals surface area contributed by atoms with Crippen molar-refractivity contribution < 1.29 is 4.79 Å². The largest absolute Gasteiger partial charge is 0.356 e. The number of H-pyrrole nitrogens is 1. The van der Waals surface area contributed by atoms with Crippen molar-refractivity contribution in [1.29, 1.82) is 0 Å². The van der Waals surface area contributed by atoms with E-state index in [2.05, 4.69) is 11.1 Å². The second-order valence-electron chi connectivity index (χ2n) is 5.27. The number of hydrogen-bond acceptors (Lipinski definition) is 1. The van der Waals surface area contributed by atoms with Crippen LogP contribution < -0.4 is 0 Å². The highest BCUT2D eigenvalue weighted by atomic mass is 16.1. The molecule has 2 heteroatoms. The van der Waals surface area contributed by atoms with Crippen LogP contribution in [-0.4, -0.2) is 10.8 Å². The summed E-state index contributed by atoms with van der Waals surface area (Å²) in [5.74, 6) is 0.0597. The first-order valence-corrected chi connectivity index (χ1v) is 6.77. The predicted octanol–water partition coefficient (Wildman–Crippen LogP) is 4.32. The van der Waals surface area contributed by atoms with Crippen molar-refractivity contribution in [3.05, 3.63) is 70.5 Å². The average Bonchev–Trinajstić information content (AvgIpc) is 2.73. The molecule has 3 aromatic rings. The molecule has 0 saturated carbocycles. The molecular formula is C18H17NO. The van der Waals surface area contributed by atoms with Gasteiger partial charge in [-0.1, -0.05) is 36.4 Å². The lowest BCUT2D eigenvalue weighted by Gasteiger charge is -2.03. The molecule has 0 radical (unpaired) electrons. The van der Waals surface area contributed by atoms with Crippen LogP contribution in [-0.2, 0) is 0 Å². The van der Waals surface area contributed by atoms with E-state index in [0.717, 1.165) is 33.2 Å². The van der Waals surface area contributed by atoms with Crippen LogP contribution in [0.3, 0.4) is 0 Å². The number of ketones is 1. The highest BCUT2D eigenvalue weighted by Gasteiger charge is 2.16. The lowest BCUT2D eigenvalue weighted by Crippen LogP contribution is -2.03. The second kappa shape index (κ2) is 4.64. The van der Waals surface area contributed by atoms with E-state index in [-0.39, 0.29) is 5.78 Å². The normalized spacial score (nSPS) is 10.9. The van der Waals surface area contributed by atoms with Gasteiger partial charge in [0.1, 0.15) is 0 Å². The third kappa shape index (κ3) is 1.94. The minimum absolute atomic E-state index is 0.0597. The number of aromatic amines is 1. The maximum absolute atomic E-state index is 12.6. The third-order valence-corrected chi connectivity index (χ3v) is 4.05. The summed E-state index contributed by atoms with van der Waals surface area (Å²) in [6, 6.07) is 13.9. The van der Waals surface area contributed by atoms with E-state index in [4.69, 9.17) is 0 Å². The zero-order valence-corrected chi connectivity index (χ0v) is 11.9. The number of nitrogens with one attached hydrogen (secondary N) is 1. The topological polar surface area (TPSA) is 32.9 Å². The van der Waals surface area contributed by atoms with E-state index >= 15 is 0 Å². The maximum Gasteiger partial charge on any atom is 0.209 e. The number of carbonyl (C=O) groups is 1. The van der Waals surface area contributed by atoms with Crippen LogP contribution in [0.25, 0.3) is 10.8 Å². The molecule has 1 heterocycles. The molecule has 100 valence electrons. The van der Waals surface area contributed by atoms with Crippen LogP contribution >= 0.6 is 0 Å². The molecule has 0 aliphatic carbocycles. The third-order valence-electron chi connectivity index (χ3n) is 4.05. The van der Waals surface area contributed by atoms with Gasteiger partial charge in [0.25, 0.3) is 0 Å². The molecule has 0 spiro atoms. The van der Waals surface area contributed by atoms with E-state index in [1.54, 1.807) is 0 Å². The summed E-state index contributed by atoms with van der Waals surface area (Å²) in [4.78, 5) is 15.9. The van der Waals surface area contributed by atoms with Crippen molar-refractivity contribution in [3.8, 4) is 0 Å². The van der Waals surface area contributed by atoms with Gasteiger partial charge >= 0.3 is 0 Å². The zero-order chi connectivity index (χ0) is 14.3. The van der Waals surface area contributed by atoms with Gasteiger partial charge in [-0.15, -0.1) is 0 Å². The standard InChI is InChI=1S/C18H17NO/c1-11-12(2)17(19-13(11)3)18(20)16-9-8-14-6-4-5-7-15(14)10-16/h4-10,19H,1-3H3. The summed E-state index contributed by atoms with van der Waals surface area (Å²) in [5, 5.41) is 2.25. The molecule has 20 heavy (non-hydrogen) atoms. The molecule has 0 fully saturated rings. The molecule has 1 N–H and O–H groups in total. The van der Waals surface area contributed by atoms with E-state index in [1.807, 2.05) is 57.2 Å². The molecule has 3 rings (SSSR count). The fraction of sp³-hybridized carbons (Fsp3) is 0.167. The number of fused-ring (bicyclic) bond motifs is 1. The van der Waals surface area contributed by atoms with Crippen molar-refractivity contribution in [2.75, 3.05) is 0 Å². The molecule has 0 aliphatic heterocycles. The molecular weight excluding hydrogens is 246 g/mol.